The van der Waals surface area contributed by atoms with Gasteiger partial charge < -0.3 is 10.1 Å². The fraction of sp³-hybridized carbons (Fsp3) is 0.222. The van der Waals surface area contributed by atoms with Crippen molar-refractivity contribution >= 4 is 5.91 Å². The Morgan fingerprint density at radius 3 is 2.68 bits per heavy atom. The summed E-state index contributed by atoms with van der Waals surface area (Å²) in [5, 5.41) is 2.85. The number of nitrogens with one attached hydrogen (secondary N) is 1. The molecule has 4 nitrogen and oxygen atoms in total. The number of hydrogen-bond donors (Lipinski definition) is 1. The summed E-state index contributed by atoms with van der Waals surface area (Å²) in [6.45, 7) is 4.49. The molecule has 0 saturated carbocycles. The lowest BCUT2D eigenvalue weighted by molar-refractivity contribution is 0.0956. The van der Waals surface area contributed by atoms with E-state index in [1.54, 1.807) is 31.6 Å². The van der Waals surface area contributed by atoms with Gasteiger partial charge in [-0.25, -0.2) is 0 Å². The standard InChI is InChI=1S/C18H20N2O2/c1-14(5-6-15-7-9-17(22-2)10-8-15)12-20-18(21)16-4-3-11-19-13-16/h3-4,7-11,13H,1,5-6,12H2,2H3,(H,20,21). The molecule has 114 valence electrons. The second-order valence-electron chi connectivity index (χ2n) is 5.02. The molecule has 0 radical (unpaired) electrons. The largest absolute Gasteiger partial charge is 0.497 e. The summed E-state index contributed by atoms with van der Waals surface area (Å²) < 4.78 is 5.13. The number of amides is 1. The van der Waals surface area contributed by atoms with Crippen LogP contribution in [0.5, 0.6) is 5.75 Å². The number of benzene rings is 1. The Hall–Kier alpha value is -2.62. The number of pyridine rings is 1. The van der Waals surface area contributed by atoms with Crippen molar-refractivity contribution in [2.45, 2.75) is 12.8 Å². The number of methoxy groups -OCH3 is 1. The van der Waals surface area contributed by atoms with Gasteiger partial charge in [0.1, 0.15) is 5.75 Å². The highest BCUT2D eigenvalue weighted by Gasteiger charge is 2.05. The highest BCUT2D eigenvalue weighted by molar-refractivity contribution is 5.93. The summed E-state index contributed by atoms with van der Waals surface area (Å²) in [6, 6.07) is 11.5. The van der Waals surface area contributed by atoms with E-state index >= 15 is 0 Å². The molecule has 1 amide bonds. The quantitative estimate of drug-likeness (QED) is 0.799. The third-order valence-electron chi connectivity index (χ3n) is 3.35. The molecule has 2 aromatic rings. The van der Waals surface area contributed by atoms with Crippen LogP contribution in [0.25, 0.3) is 0 Å². The van der Waals surface area contributed by atoms with E-state index in [9.17, 15) is 4.79 Å². The van der Waals surface area contributed by atoms with Crippen LogP contribution < -0.4 is 10.1 Å². The average Bonchev–Trinajstić information content (AvgIpc) is 2.59. The predicted molar refractivity (Wildman–Crippen MR) is 87.0 cm³/mol. The van der Waals surface area contributed by atoms with E-state index in [4.69, 9.17) is 4.74 Å². The normalized spacial score (nSPS) is 10.0. The molecule has 4 heteroatoms. The lowest BCUT2D eigenvalue weighted by Gasteiger charge is -2.08. The summed E-state index contributed by atoms with van der Waals surface area (Å²) in [6.07, 6.45) is 4.92. The molecule has 0 fully saturated rings. The van der Waals surface area contributed by atoms with Crippen molar-refractivity contribution in [2.75, 3.05) is 13.7 Å². The molecule has 1 aromatic carbocycles. The Labute approximate surface area is 130 Å². The fourth-order valence-corrected chi connectivity index (χ4v) is 2.01. The van der Waals surface area contributed by atoms with Gasteiger partial charge in [0.25, 0.3) is 5.91 Å². The van der Waals surface area contributed by atoms with E-state index in [0.717, 1.165) is 24.2 Å². The highest BCUT2D eigenvalue weighted by atomic mass is 16.5. The maximum atomic E-state index is 11.9. The number of carbonyl (C=O) groups is 1. The molecule has 1 aromatic heterocycles. The number of nitrogens with zero attached hydrogens (tertiary/aromatic N) is 1. The molecule has 22 heavy (non-hydrogen) atoms. The summed E-state index contributed by atoms with van der Waals surface area (Å²) in [4.78, 5) is 15.8. The van der Waals surface area contributed by atoms with E-state index in [-0.39, 0.29) is 5.91 Å². The predicted octanol–water partition coefficient (Wildman–Crippen LogP) is 3.01. The number of rotatable bonds is 7. The molecular formula is C18H20N2O2. The molecule has 0 bridgehead atoms. The Morgan fingerprint density at radius 1 is 1.27 bits per heavy atom. The third kappa shape index (κ3) is 4.74. The van der Waals surface area contributed by atoms with Crippen molar-refractivity contribution in [3.05, 3.63) is 72.1 Å². The highest BCUT2D eigenvalue weighted by Crippen LogP contribution is 2.14. The van der Waals surface area contributed by atoms with E-state index in [1.807, 2.05) is 24.3 Å². The zero-order valence-corrected chi connectivity index (χ0v) is 12.7. The zero-order valence-electron chi connectivity index (χ0n) is 12.7. The van der Waals surface area contributed by atoms with Crippen LogP contribution in [0, 0.1) is 0 Å². The van der Waals surface area contributed by atoms with Gasteiger partial charge in [0, 0.05) is 18.9 Å². The first-order chi connectivity index (χ1) is 10.7. The summed E-state index contributed by atoms with van der Waals surface area (Å²) in [5.41, 5.74) is 2.78. The van der Waals surface area contributed by atoms with Gasteiger partial charge in [0.05, 0.1) is 12.7 Å². The Balaban J connectivity index is 1.74. The maximum absolute atomic E-state index is 11.9. The Bertz CT molecular complexity index is 621. The van der Waals surface area contributed by atoms with Gasteiger partial charge in [0.2, 0.25) is 0 Å². The first kappa shape index (κ1) is 15.8. The van der Waals surface area contributed by atoms with Crippen molar-refractivity contribution in [1.82, 2.24) is 10.3 Å². The monoisotopic (exact) mass is 296 g/mol. The molecule has 0 aliphatic heterocycles. The molecular weight excluding hydrogens is 276 g/mol. The first-order valence-electron chi connectivity index (χ1n) is 7.17. The molecule has 1 N–H and O–H groups in total. The number of ether oxygens (including phenoxy) is 1. The van der Waals surface area contributed by atoms with Gasteiger partial charge in [-0.3, -0.25) is 9.78 Å². The van der Waals surface area contributed by atoms with Crippen LogP contribution >= 0.6 is 0 Å². The second-order valence-corrected chi connectivity index (χ2v) is 5.02. The molecule has 0 aliphatic rings. The van der Waals surface area contributed by atoms with Crippen molar-refractivity contribution in [1.29, 1.82) is 0 Å². The van der Waals surface area contributed by atoms with Gasteiger partial charge in [-0.2, -0.15) is 0 Å². The van der Waals surface area contributed by atoms with Crippen LogP contribution in [-0.4, -0.2) is 24.5 Å². The van der Waals surface area contributed by atoms with E-state index in [0.29, 0.717) is 12.1 Å². The first-order valence-corrected chi connectivity index (χ1v) is 7.17. The van der Waals surface area contributed by atoms with Gasteiger partial charge in [-0.1, -0.05) is 24.3 Å². The molecule has 2 rings (SSSR count). The van der Waals surface area contributed by atoms with Crippen molar-refractivity contribution < 1.29 is 9.53 Å². The number of carbonyl (C=O) groups excluding carboxylic acids is 1. The van der Waals surface area contributed by atoms with Crippen LogP contribution in [0.4, 0.5) is 0 Å². The van der Waals surface area contributed by atoms with Gasteiger partial charge >= 0.3 is 0 Å². The van der Waals surface area contributed by atoms with E-state index in [2.05, 4.69) is 16.9 Å². The molecule has 0 spiro atoms. The minimum Gasteiger partial charge on any atom is -0.497 e. The Kier molecular flexibility index (Phi) is 5.72. The van der Waals surface area contributed by atoms with Crippen molar-refractivity contribution in [2.24, 2.45) is 0 Å². The lowest BCUT2D eigenvalue weighted by atomic mass is 10.1. The molecule has 0 unspecified atom stereocenters. The summed E-state index contributed by atoms with van der Waals surface area (Å²) >= 11 is 0. The smallest absolute Gasteiger partial charge is 0.253 e. The van der Waals surface area contributed by atoms with E-state index < -0.39 is 0 Å². The number of aryl methyl sites for hydroxylation is 1. The zero-order chi connectivity index (χ0) is 15.8. The molecule has 0 saturated heterocycles. The molecule has 0 aliphatic carbocycles. The average molecular weight is 296 g/mol. The van der Waals surface area contributed by atoms with Gasteiger partial charge in [-0.15, -0.1) is 0 Å². The number of aromatic nitrogens is 1. The van der Waals surface area contributed by atoms with Crippen LogP contribution in [0.15, 0.2) is 60.9 Å². The SMILES string of the molecule is C=C(CCc1ccc(OC)cc1)CNC(=O)c1cccnc1. The van der Waals surface area contributed by atoms with Gasteiger partial charge in [0.15, 0.2) is 0 Å². The minimum atomic E-state index is -0.126. The van der Waals surface area contributed by atoms with Crippen LogP contribution in [-0.2, 0) is 6.42 Å². The summed E-state index contributed by atoms with van der Waals surface area (Å²) in [7, 11) is 1.65. The summed E-state index contributed by atoms with van der Waals surface area (Å²) in [5.74, 6) is 0.727. The third-order valence-corrected chi connectivity index (χ3v) is 3.35. The van der Waals surface area contributed by atoms with Crippen LogP contribution in [0.2, 0.25) is 0 Å². The Morgan fingerprint density at radius 2 is 2.05 bits per heavy atom. The fourth-order valence-electron chi connectivity index (χ4n) is 2.01. The van der Waals surface area contributed by atoms with E-state index in [1.165, 1.54) is 5.56 Å². The van der Waals surface area contributed by atoms with Crippen molar-refractivity contribution in [3.63, 3.8) is 0 Å². The topological polar surface area (TPSA) is 51.2 Å². The van der Waals surface area contributed by atoms with Crippen LogP contribution in [0.1, 0.15) is 22.3 Å². The second kappa shape index (κ2) is 7.98. The van der Waals surface area contributed by atoms with Crippen molar-refractivity contribution in [3.8, 4) is 5.75 Å². The molecule has 1 heterocycles. The number of hydrogen-bond acceptors (Lipinski definition) is 3. The molecule has 0 atom stereocenters. The minimum absolute atomic E-state index is 0.126. The van der Waals surface area contributed by atoms with Gasteiger partial charge in [-0.05, 0) is 42.7 Å². The van der Waals surface area contributed by atoms with Crippen LogP contribution in [0.3, 0.4) is 0 Å². The maximum Gasteiger partial charge on any atom is 0.253 e. The lowest BCUT2D eigenvalue weighted by Crippen LogP contribution is -2.25.